The summed E-state index contributed by atoms with van der Waals surface area (Å²) in [6, 6.07) is 8.08. The Labute approximate surface area is 160 Å². The third kappa shape index (κ3) is 3.34. The van der Waals surface area contributed by atoms with Gasteiger partial charge in [-0.3, -0.25) is 19.4 Å². The van der Waals surface area contributed by atoms with Crippen LogP contribution in [0.5, 0.6) is 5.75 Å². The molecule has 3 aliphatic rings. The summed E-state index contributed by atoms with van der Waals surface area (Å²) in [5.41, 5.74) is 1.13. The van der Waals surface area contributed by atoms with Crippen molar-refractivity contribution in [2.24, 2.45) is 11.8 Å². The summed E-state index contributed by atoms with van der Waals surface area (Å²) in [6.07, 6.45) is 5.41. The molecule has 0 spiro atoms. The van der Waals surface area contributed by atoms with Gasteiger partial charge < -0.3 is 9.64 Å². The van der Waals surface area contributed by atoms with Crippen LogP contribution in [0.15, 0.2) is 36.4 Å². The van der Waals surface area contributed by atoms with E-state index in [1.165, 1.54) is 4.90 Å². The molecule has 1 aromatic rings. The molecule has 1 saturated heterocycles. The molecule has 1 aliphatic carbocycles. The van der Waals surface area contributed by atoms with Crippen LogP contribution in [0.25, 0.3) is 0 Å². The molecule has 3 atom stereocenters. The van der Waals surface area contributed by atoms with Crippen LogP contribution >= 0.6 is 0 Å². The summed E-state index contributed by atoms with van der Waals surface area (Å²) in [5, 5.41) is 0. The van der Waals surface area contributed by atoms with Crippen molar-refractivity contribution in [3.05, 3.63) is 36.4 Å². The molecular weight excluding hydrogens is 342 g/mol. The van der Waals surface area contributed by atoms with Crippen LogP contribution in [0.4, 0.5) is 5.69 Å². The predicted octanol–water partition coefficient (Wildman–Crippen LogP) is 2.11. The Hall–Kier alpha value is -2.34. The van der Waals surface area contributed by atoms with Crippen molar-refractivity contribution in [3.63, 3.8) is 0 Å². The lowest BCUT2D eigenvalue weighted by molar-refractivity contribution is -0.142. The third-order valence-corrected chi connectivity index (χ3v) is 5.80. The van der Waals surface area contributed by atoms with Crippen molar-refractivity contribution < 1.29 is 14.3 Å². The van der Waals surface area contributed by atoms with Gasteiger partial charge in [0.2, 0.25) is 11.8 Å². The van der Waals surface area contributed by atoms with Gasteiger partial charge in [-0.05, 0) is 38.9 Å². The zero-order valence-corrected chi connectivity index (χ0v) is 16.0. The van der Waals surface area contributed by atoms with Gasteiger partial charge in [-0.2, -0.15) is 0 Å². The Kier molecular flexibility index (Phi) is 4.91. The number of allylic oxidation sites excluding steroid dienone is 2. The Morgan fingerprint density at radius 1 is 1.11 bits per heavy atom. The lowest BCUT2D eigenvalue weighted by Gasteiger charge is -2.37. The summed E-state index contributed by atoms with van der Waals surface area (Å²) < 4.78 is 6.17. The quantitative estimate of drug-likeness (QED) is 0.588. The van der Waals surface area contributed by atoms with Gasteiger partial charge in [-0.15, -0.1) is 0 Å². The molecule has 0 aromatic heterocycles. The number of benzene rings is 1. The molecule has 2 amide bonds. The summed E-state index contributed by atoms with van der Waals surface area (Å²) in [6.45, 7) is 4.85. The number of nitrogens with zero attached hydrogens (tertiary/aromatic N) is 3. The predicted molar refractivity (Wildman–Crippen MR) is 103 cm³/mol. The number of anilines is 1. The third-order valence-electron chi connectivity index (χ3n) is 5.80. The highest BCUT2D eigenvalue weighted by Crippen LogP contribution is 2.35. The van der Waals surface area contributed by atoms with E-state index >= 15 is 0 Å². The first kappa shape index (κ1) is 18.0. The van der Waals surface area contributed by atoms with E-state index in [1.54, 1.807) is 0 Å². The number of imide groups is 1. The molecule has 0 radical (unpaired) electrons. The molecule has 4 rings (SSSR count). The maximum atomic E-state index is 12.6. The van der Waals surface area contributed by atoms with E-state index in [0.29, 0.717) is 26.1 Å². The molecule has 0 bridgehead atoms. The van der Waals surface area contributed by atoms with Gasteiger partial charge in [0.05, 0.1) is 30.7 Å². The van der Waals surface area contributed by atoms with E-state index in [-0.39, 0.29) is 29.8 Å². The maximum absolute atomic E-state index is 12.6. The zero-order valence-electron chi connectivity index (χ0n) is 16.0. The van der Waals surface area contributed by atoms with Crippen LogP contribution in [-0.2, 0) is 9.59 Å². The van der Waals surface area contributed by atoms with Crippen molar-refractivity contribution in [2.45, 2.75) is 25.9 Å². The number of likely N-dealkylation sites (N-methyl/N-ethyl adjacent to an activating group) is 2. The van der Waals surface area contributed by atoms with Gasteiger partial charge in [0.15, 0.2) is 0 Å². The Bertz CT molecular complexity index is 737. The van der Waals surface area contributed by atoms with E-state index in [1.807, 2.05) is 42.3 Å². The molecule has 6 heteroatoms. The number of hydrogen-bond donors (Lipinski definition) is 0. The van der Waals surface area contributed by atoms with E-state index in [4.69, 9.17) is 4.74 Å². The highest BCUT2D eigenvalue weighted by Gasteiger charge is 2.47. The fraction of sp³-hybridized carbons (Fsp3) is 0.524. The second-order valence-electron chi connectivity index (χ2n) is 7.69. The molecule has 0 N–H and O–H groups in total. The van der Waals surface area contributed by atoms with Crippen LogP contribution < -0.4 is 9.64 Å². The number of para-hydroxylation sites is 2. The van der Waals surface area contributed by atoms with Crippen LogP contribution in [0.1, 0.15) is 19.8 Å². The van der Waals surface area contributed by atoms with Crippen LogP contribution in [-0.4, -0.2) is 61.1 Å². The van der Waals surface area contributed by atoms with Gasteiger partial charge in [-0.25, -0.2) is 0 Å². The SMILES string of the molecule is CCN1C[C@@H](CN(C)CN2C(=O)[C@H]3CC=CC[C@H]3C2=O)Oc2ccccc21. The monoisotopic (exact) mass is 369 g/mol. The Morgan fingerprint density at radius 2 is 1.78 bits per heavy atom. The highest BCUT2D eigenvalue weighted by molar-refractivity contribution is 6.05. The Morgan fingerprint density at radius 3 is 2.44 bits per heavy atom. The molecular formula is C21H27N3O3. The molecule has 27 heavy (non-hydrogen) atoms. The minimum atomic E-state index is -0.163. The van der Waals surface area contributed by atoms with E-state index in [0.717, 1.165) is 24.5 Å². The highest BCUT2D eigenvalue weighted by atomic mass is 16.5. The standard InChI is InChI=1S/C21H27N3O3/c1-3-23-13-15(27-19-11-7-6-10-18(19)23)12-22(2)14-24-20(25)16-8-4-5-9-17(16)21(24)26/h4-7,10-11,15-17H,3,8-9,12-14H2,1-2H3/t15-,16-,17+/m1/s1. The van der Waals surface area contributed by atoms with Crippen LogP contribution in [0, 0.1) is 11.8 Å². The van der Waals surface area contributed by atoms with Crippen molar-refractivity contribution >= 4 is 17.5 Å². The normalized spacial score (nSPS) is 27.0. The molecule has 0 saturated carbocycles. The zero-order chi connectivity index (χ0) is 19.0. The minimum absolute atomic E-state index is 0.00148. The number of rotatable bonds is 5. The summed E-state index contributed by atoms with van der Waals surface area (Å²) in [5.74, 6) is 0.528. The lowest BCUT2D eigenvalue weighted by Crippen LogP contribution is -2.48. The van der Waals surface area contributed by atoms with Gasteiger partial charge in [0.1, 0.15) is 11.9 Å². The molecule has 2 aliphatic heterocycles. The molecule has 0 unspecified atom stereocenters. The smallest absolute Gasteiger partial charge is 0.234 e. The number of carbonyl (C=O) groups is 2. The second kappa shape index (κ2) is 7.35. The topological polar surface area (TPSA) is 53.1 Å². The summed E-state index contributed by atoms with van der Waals surface area (Å²) in [4.78, 5) is 31.1. The average Bonchev–Trinajstić information content (AvgIpc) is 2.92. The number of ether oxygens (including phenoxy) is 1. The van der Waals surface area contributed by atoms with E-state index < -0.39 is 0 Å². The second-order valence-corrected chi connectivity index (χ2v) is 7.69. The molecule has 6 nitrogen and oxygen atoms in total. The van der Waals surface area contributed by atoms with Gasteiger partial charge in [0.25, 0.3) is 0 Å². The number of hydrogen-bond acceptors (Lipinski definition) is 5. The van der Waals surface area contributed by atoms with Crippen molar-refractivity contribution in [2.75, 3.05) is 38.3 Å². The van der Waals surface area contributed by atoms with Gasteiger partial charge >= 0.3 is 0 Å². The number of carbonyl (C=O) groups excluding carboxylic acids is 2. The largest absolute Gasteiger partial charge is 0.485 e. The number of amides is 2. The molecule has 144 valence electrons. The lowest BCUT2D eigenvalue weighted by atomic mass is 9.85. The molecule has 1 aromatic carbocycles. The van der Waals surface area contributed by atoms with Crippen molar-refractivity contribution in [1.29, 1.82) is 0 Å². The van der Waals surface area contributed by atoms with Gasteiger partial charge in [0, 0.05) is 13.1 Å². The fourth-order valence-electron chi connectivity index (χ4n) is 4.43. The van der Waals surface area contributed by atoms with Gasteiger partial charge in [-0.1, -0.05) is 24.3 Å². The first-order chi connectivity index (χ1) is 13.1. The first-order valence-electron chi connectivity index (χ1n) is 9.78. The van der Waals surface area contributed by atoms with Crippen LogP contribution in [0.2, 0.25) is 0 Å². The summed E-state index contributed by atoms with van der Waals surface area (Å²) in [7, 11) is 1.95. The number of fused-ring (bicyclic) bond motifs is 2. The minimum Gasteiger partial charge on any atom is -0.485 e. The summed E-state index contributed by atoms with van der Waals surface area (Å²) >= 11 is 0. The van der Waals surface area contributed by atoms with E-state index in [9.17, 15) is 9.59 Å². The van der Waals surface area contributed by atoms with E-state index in [2.05, 4.69) is 17.9 Å². The average molecular weight is 369 g/mol. The molecule has 1 fully saturated rings. The van der Waals surface area contributed by atoms with Crippen LogP contribution in [0.3, 0.4) is 0 Å². The first-order valence-corrected chi connectivity index (χ1v) is 9.78. The van der Waals surface area contributed by atoms with Crippen molar-refractivity contribution in [3.8, 4) is 5.75 Å². The Balaban J connectivity index is 1.39. The van der Waals surface area contributed by atoms with Crippen molar-refractivity contribution in [1.82, 2.24) is 9.80 Å². The fourth-order valence-corrected chi connectivity index (χ4v) is 4.43. The maximum Gasteiger partial charge on any atom is 0.234 e. The number of likely N-dealkylation sites (tertiary alicyclic amines) is 1. The molecule has 2 heterocycles.